The molecule has 1 aliphatic rings. The molecule has 0 N–H and O–H groups in total. The zero-order chi connectivity index (χ0) is 26.0. The largest absolute Gasteiger partial charge is 0.416 e. The molecule has 1 atom stereocenters. The Bertz CT molecular complexity index is 1320. The van der Waals surface area contributed by atoms with Crippen LogP contribution >= 0.6 is 11.6 Å². The number of hydrogen-bond donors (Lipinski definition) is 0. The van der Waals surface area contributed by atoms with Crippen molar-refractivity contribution in [3.8, 4) is 6.07 Å². The van der Waals surface area contributed by atoms with Gasteiger partial charge >= 0.3 is 6.18 Å². The number of hydrogen-bond acceptors (Lipinski definition) is 5. The fraction of sp³-hybridized carbons (Fsp3) is 0.280. The number of halogens is 5. The number of amides is 1. The van der Waals surface area contributed by atoms with Gasteiger partial charge in [0.15, 0.2) is 0 Å². The molecule has 1 amide bonds. The van der Waals surface area contributed by atoms with E-state index in [1.165, 1.54) is 24.5 Å². The van der Waals surface area contributed by atoms with Crippen LogP contribution < -0.4 is 4.90 Å². The van der Waals surface area contributed by atoms with Crippen molar-refractivity contribution < 1.29 is 22.4 Å². The molecule has 0 aliphatic carbocycles. The number of alkyl halides is 3. The molecule has 0 unspecified atom stereocenters. The van der Waals surface area contributed by atoms with Gasteiger partial charge in [-0.1, -0.05) is 17.7 Å². The van der Waals surface area contributed by atoms with Crippen LogP contribution in [0.1, 0.15) is 39.3 Å². The molecule has 1 fully saturated rings. The van der Waals surface area contributed by atoms with E-state index in [4.69, 9.17) is 11.6 Å². The molecule has 0 saturated carbocycles. The highest BCUT2D eigenvalue weighted by molar-refractivity contribution is 6.32. The molecule has 1 aliphatic heterocycles. The summed E-state index contributed by atoms with van der Waals surface area (Å²) in [7, 11) is 0. The smallest absolute Gasteiger partial charge is 0.362 e. The van der Waals surface area contributed by atoms with Crippen LogP contribution in [0.25, 0.3) is 0 Å². The lowest BCUT2D eigenvalue weighted by Gasteiger charge is -2.32. The summed E-state index contributed by atoms with van der Waals surface area (Å²) in [5.74, 6) is -1.32. The SMILES string of the molecule is Cc1cnc(C(=O)N2CC[C@H](N(Cc3ccc(F)cc3C(F)(F)F)c3ccc(C#N)c(Cl)c3)C2)cn1. The minimum Gasteiger partial charge on any atom is -0.362 e. The number of rotatable bonds is 5. The lowest BCUT2D eigenvalue weighted by atomic mass is 10.0. The second-order valence-electron chi connectivity index (χ2n) is 8.44. The van der Waals surface area contributed by atoms with Gasteiger partial charge in [0.05, 0.1) is 28.0 Å². The van der Waals surface area contributed by atoms with E-state index < -0.39 is 17.6 Å². The van der Waals surface area contributed by atoms with Gasteiger partial charge in [0.1, 0.15) is 17.6 Å². The summed E-state index contributed by atoms with van der Waals surface area (Å²) in [5.41, 5.74) is 0.332. The highest BCUT2D eigenvalue weighted by atomic mass is 35.5. The Hall–Kier alpha value is -3.71. The maximum absolute atomic E-state index is 13.7. The Morgan fingerprint density at radius 1 is 1.22 bits per heavy atom. The zero-order valence-corrected chi connectivity index (χ0v) is 19.8. The first-order valence-corrected chi connectivity index (χ1v) is 11.3. The average molecular weight is 518 g/mol. The maximum Gasteiger partial charge on any atom is 0.416 e. The second kappa shape index (κ2) is 10.1. The van der Waals surface area contributed by atoms with Crippen molar-refractivity contribution in [2.75, 3.05) is 18.0 Å². The van der Waals surface area contributed by atoms with Gasteiger partial charge in [-0.15, -0.1) is 0 Å². The van der Waals surface area contributed by atoms with Gasteiger partial charge in [0.25, 0.3) is 5.91 Å². The van der Waals surface area contributed by atoms with Crippen molar-refractivity contribution in [1.29, 1.82) is 5.26 Å². The van der Waals surface area contributed by atoms with Gasteiger partial charge in [-0.3, -0.25) is 9.78 Å². The monoisotopic (exact) mass is 517 g/mol. The van der Waals surface area contributed by atoms with Gasteiger partial charge in [0, 0.05) is 37.6 Å². The number of aromatic nitrogens is 2. The minimum absolute atomic E-state index is 0.126. The summed E-state index contributed by atoms with van der Waals surface area (Å²) in [4.78, 5) is 24.4. The summed E-state index contributed by atoms with van der Waals surface area (Å²) in [6.45, 7) is 2.11. The number of nitriles is 1. The Morgan fingerprint density at radius 2 is 2.00 bits per heavy atom. The molecule has 186 valence electrons. The normalized spacial score (nSPS) is 15.6. The van der Waals surface area contributed by atoms with Crippen LogP contribution in [0.15, 0.2) is 48.8 Å². The highest BCUT2D eigenvalue weighted by Gasteiger charge is 2.36. The first-order valence-electron chi connectivity index (χ1n) is 11.0. The molecule has 36 heavy (non-hydrogen) atoms. The highest BCUT2D eigenvalue weighted by Crippen LogP contribution is 2.35. The van der Waals surface area contributed by atoms with Crippen LogP contribution in [0.2, 0.25) is 5.02 Å². The van der Waals surface area contributed by atoms with Crippen molar-refractivity contribution in [2.45, 2.75) is 32.1 Å². The standard InChI is InChI=1S/C25H20ClF4N5O/c1-15-11-33-23(12-32-15)24(36)34-7-6-20(14-34)35(19-5-3-16(10-31)22(26)9-19)13-17-2-4-18(27)8-21(17)25(28,29)30/h2-5,8-9,11-12,20H,6-7,13-14H2,1H3/t20-/m0/s1. The number of carbonyl (C=O) groups is 1. The van der Waals surface area contributed by atoms with Crippen molar-refractivity contribution in [1.82, 2.24) is 14.9 Å². The maximum atomic E-state index is 13.7. The van der Waals surface area contributed by atoms with Crippen molar-refractivity contribution >= 4 is 23.2 Å². The molecule has 0 radical (unpaired) electrons. The average Bonchev–Trinajstić information content (AvgIpc) is 3.32. The van der Waals surface area contributed by atoms with Gasteiger partial charge in [-0.2, -0.15) is 18.4 Å². The fourth-order valence-electron chi connectivity index (χ4n) is 4.18. The van der Waals surface area contributed by atoms with Crippen LogP contribution in [0.4, 0.5) is 23.2 Å². The molecule has 0 spiro atoms. The lowest BCUT2D eigenvalue weighted by Crippen LogP contribution is -2.39. The summed E-state index contributed by atoms with van der Waals surface area (Å²) < 4.78 is 54.8. The van der Waals surface area contributed by atoms with E-state index in [0.717, 1.165) is 12.1 Å². The molecule has 11 heteroatoms. The summed E-state index contributed by atoms with van der Waals surface area (Å²) >= 11 is 6.22. The quantitative estimate of drug-likeness (QED) is 0.424. The topological polar surface area (TPSA) is 73.1 Å². The number of nitrogens with zero attached hydrogens (tertiary/aromatic N) is 5. The molecule has 2 heterocycles. The van der Waals surface area contributed by atoms with E-state index in [1.807, 2.05) is 6.07 Å². The fourth-order valence-corrected chi connectivity index (χ4v) is 4.40. The number of anilines is 1. The van der Waals surface area contributed by atoms with E-state index in [2.05, 4.69) is 9.97 Å². The third-order valence-corrected chi connectivity index (χ3v) is 6.33. The predicted octanol–water partition coefficient (Wildman–Crippen LogP) is 5.39. The summed E-state index contributed by atoms with van der Waals surface area (Å²) in [6, 6.07) is 8.73. The van der Waals surface area contributed by atoms with Crippen LogP contribution in [-0.2, 0) is 12.7 Å². The molecule has 3 aromatic rings. The molecule has 0 bridgehead atoms. The first-order chi connectivity index (χ1) is 17.1. The third-order valence-electron chi connectivity index (χ3n) is 6.01. The first kappa shape index (κ1) is 25.4. The number of likely N-dealkylation sites (tertiary alicyclic amines) is 1. The summed E-state index contributed by atoms with van der Waals surface area (Å²) in [5, 5.41) is 9.35. The zero-order valence-electron chi connectivity index (χ0n) is 19.1. The van der Waals surface area contributed by atoms with E-state index >= 15 is 0 Å². The van der Waals surface area contributed by atoms with Gasteiger partial charge in [-0.25, -0.2) is 9.37 Å². The Kier molecular flexibility index (Phi) is 7.13. The molecule has 1 saturated heterocycles. The predicted molar refractivity (Wildman–Crippen MR) is 125 cm³/mol. The number of aryl methyl sites for hydroxylation is 1. The van der Waals surface area contributed by atoms with Gasteiger partial charge in [0.2, 0.25) is 0 Å². The van der Waals surface area contributed by atoms with Gasteiger partial charge in [-0.05, 0) is 49.2 Å². The van der Waals surface area contributed by atoms with Crippen LogP contribution in [0.5, 0.6) is 0 Å². The molecular weight excluding hydrogens is 498 g/mol. The third kappa shape index (κ3) is 5.41. The Morgan fingerprint density at radius 3 is 2.64 bits per heavy atom. The molecule has 4 rings (SSSR count). The van der Waals surface area contributed by atoms with E-state index in [-0.39, 0.29) is 46.9 Å². The van der Waals surface area contributed by atoms with Crippen molar-refractivity contribution in [3.05, 3.63) is 87.7 Å². The minimum atomic E-state index is -4.76. The van der Waals surface area contributed by atoms with E-state index in [0.29, 0.717) is 30.4 Å². The number of carbonyl (C=O) groups excluding carboxylic acids is 1. The van der Waals surface area contributed by atoms with E-state index in [9.17, 15) is 27.6 Å². The molecule has 2 aromatic carbocycles. The van der Waals surface area contributed by atoms with E-state index in [1.54, 1.807) is 22.8 Å². The van der Waals surface area contributed by atoms with Gasteiger partial charge < -0.3 is 9.80 Å². The van der Waals surface area contributed by atoms with Crippen LogP contribution in [-0.4, -0.2) is 39.9 Å². The van der Waals surface area contributed by atoms with Crippen LogP contribution in [0, 0.1) is 24.1 Å². The van der Waals surface area contributed by atoms with Crippen molar-refractivity contribution in [3.63, 3.8) is 0 Å². The second-order valence-corrected chi connectivity index (χ2v) is 8.85. The Labute approximate surface area is 209 Å². The van der Waals surface area contributed by atoms with Crippen LogP contribution in [0.3, 0.4) is 0 Å². The number of benzene rings is 2. The molecule has 6 nitrogen and oxygen atoms in total. The molecule has 1 aromatic heterocycles. The summed E-state index contributed by atoms with van der Waals surface area (Å²) in [6.07, 6.45) is -1.42. The molecular formula is C25H20ClF4N5O. The lowest BCUT2D eigenvalue weighted by molar-refractivity contribution is -0.138. The van der Waals surface area contributed by atoms with Crippen molar-refractivity contribution in [2.24, 2.45) is 0 Å². The Balaban J connectivity index is 1.67.